The Morgan fingerprint density at radius 2 is 0.985 bits per heavy atom. The molecule has 2 rings (SSSR count). The fraction of sp³-hybridized carbons (Fsp3) is 0.565. The molecule has 66 heavy (non-hydrogen) atoms. The second-order valence-electron chi connectivity index (χ2n) is 17.4. The summed E-state index contributed by atoms with van der Waals surface area (Å²) in [6.45, 7) is 8.82. The number of aliphatic hydroxyl groups is 1. The zero-order valence-corrected chi connectivity index (χ0v) is 38.9. The van der Waals surface area contributed by atoms with E-state index in [1.807, 2.05) is 27.7 Å². The van der Waals surface area contributed by atoms with Crippen molar-refractivity contribution in [1.29, 1.82) is 0 Å². The third-order valence-electron chi connectivity index (χ3n) is 10.5. The Hall–Kier alpha value is -6.28. The molecule has 20 nitrogen and oxygen atoms in total. The molecule has 0 spiro atoms. The number of unbranched alkanes of at least 4 members (excludes halogenated alkanes) is 1. The van der Waals surface area contributed by atoms with Crippen LogP contribution in [0.4, 0.5) is 0 Å². The molecule has 2 aromatic carbocycles. The number of amides is 7. The van der Waals surface area contributed by atoms with Crippen molar-refractivity contribution in [2.24, 2.45) is 45.7 Å². The minimum absolute atomic E-state index is 0.000599. The molecule has 0 heterocycles. The normalized spacial score (nSPS) is 14.3. The Morgan fingerprint density at radius 3 is 1.47 bits per heavy atom. The molecule has 0 aromatic heterocycles. The van der Waals surface area contributed by atoms with Crippen molar-refractivity contribution in [2.75, 3.05) is 19.7 Å². The van der Waals surface area contributed by atoms with Gasteiger partial charge in [0.2, 0.25) is 41.4 Å². The number of guanidine groups is 1. The Labute approximate surface area is 387 Å². The molecule has 7 atom stereocenters. The van der Waals surface area contributed by atoms with Crippen LogP contribution in [0.2, 0.25) is 0 Å². The van der Waals surface area contributed by atoms with Crippen LogP contribution in [0, 0.1) is 17.8 Å². The number of nitrogens with one attached hydrogen (secondary N) is 6. The van der Waals surface area contributed by atoms with Gasteiger partial charge >= 0.3 is 0 Å². The number of phenolic OH excluding ortho intramolecular Hbond substituents is 1. The van der Waals surface area contributed by atoms with Gasteiger partial charge in [-0.1, -0.05) is 77.1 Å². The lowest BCUT2D eigenvalue weighted by Crippen LogP contribution is -2.60. The number of hydrogen-bond donors (Lipinski definition) is 12. The molecule has 0 saturated heterocycles. The maximum Gasteiger partial charge on any atom is 0.243 e. The van der Waals surface area contributed by atoms with E-state index in [4.69, 9.17) is 22.9 Å². The molecule has 16 N–H and O–H groups in total. The van der Waals surface area contributed by atoms with Crippen molar-refractivity contribution in [2.45, 2.75) is 129 Å². The number of phenols is 1. The van der Waals surface area contributed by atoms with Crippen LogP contribution in [-0.4, -0.2) is 113 Å². The molecule has 0 fully saturated rings. The molecular weight excluding hydrogens is 851 g/mol. The highest BCUT2D eigenvalue weighted by Gasteiger charge is 2.34. The maximum atomic E-state index is 14.2. The third-order valence-corrected chi connectivity index (χ3v) is 10.5. The summed E-state index contributed by atoms with van der Waals surface area (Å²) < 4.78 is 0. The number of aliphatic hydroxyl groups excluding tert-OH is 1. The number of nitrogens with two attached hydrogens (primary N) is 4. The third kappa shape index (κ3) is 21.1. The number of aliphatic imine (C=N–C) groups is 1. The van der Waals surface area contributed by atoms with Crippen LogP contribution in [0.1, 0.15) is 90.7 Å². The molecule has 0 radical (unpaired) electrons. The van der Waals surface area contributed by atoms with Gasteiger partial charge in [0, 0.05) is 18.9 Å². The summed E-state index contributed by atoms with van der Waals surface area (Å²) in [6.07, 6.45) is 2.15. The summed E-state index contributed by atoms with van der Waals surface area (Å²) in [5.41, 5.74) is 23.6. The fourth-order valence-corrected chi connectivity index (χ4v) is 6.96. The van der Waals surface area contributed by atoms with Crippen LogP contribution in [0.15, 0.2) is 59.6 Å². The predicted molar refractivity (Wildman–Crippen MR) is 251 cm³/mol. The van der Waals surface area contributed by atoms with E-state index >= 15 is 0 Å². The first-order valence-electron chi connectivity index (χ1n) is 22.5. The Balaban J connectivity index is 2.37. The van der Waals surface area contributed by atoms with Crippen molar-refractivity contribution in [3.63, 3.8) is 0 Å². The van der Waals surface area contributed by atoms with E-state index < -0.39 is 90.1 Å². The zero-order chi connectivity index (χ0) is 49.3. The quantitative estimate of drug-likeness (QED) is 0.0268. The molecule has 2 aromatic rings. The van der Waals surface area contributed by atoms with E-state index in [9.17, 15) is 43.8 Å². The van der Waals surface area contributed by atoms with Gasteiger partial charge in [-0.15, -0.1) is 0 Å². The van der Waals surface area contributed by atoms with Gasteiger partial charge in [-0.05, 0) is 93.0 Å². The van der Waals surface area contributed by atoms with Crippen molar-refractivity contribution < 1.29 is 43.8 Å². The molecule has 20 heteroatoms. The Kier molecular flexibility index (Phi) is 24.8. The van der Waals surface area contributed by atoms with E-state index in [0.717, 1.165) is 5.56 Å². The minimum atomic E-state index is -1.41. The van der Waals surface area contributed by atoms with Gasteiger partial charge in [-0.25, -0.2) is 0 Å². The summed E-state index contributed by atoms with van der Waals surface area (Å²) in [5, 5.41) is 35.5. The fourth-order valence-electron chi connectivity index (χ4n) is 6.96. The number of hydrogen-bond acceptors (Lipinski definition) is 11. The largest absolute Gasteiger partial charge is 0.508 e. The van der Waals surface area contributed by atoms with Gasteiger partial charge in [0.05, 0.1) is 6.61 Å². The lowest BCUT2D eigenvalue weighted by atomic mass is 9.98. The van der Waals surface area contributed by atoms with Gasteiger partial charge < -0.3 is 65.0 Å². The molecule has 0 saturated carbocycles. The van der Waals surface area contributed by atoms with Crippen LogP contribution in [0.3, 0.4) is 0 Å². The lowest BCUT2D eigenvalue weighted by Gasteiger charge is -2.29. The summed E-state index contributed by atoms with van der Waals surface area (Å²) in [6, 6.07) is 7.94. The van der Waals surface area contributed by atoms with Crippen molar-refractivity contribution in [1.82, 2.24) is 31.9 Å². The number of nitrogens with zero attached hydrogens (tertiary/aromatic N) is 1. The van der Waals surface area contributed by atoms with E-state index in [0.29, 0.717) is 37.8 Å². The topological polar surface area (TPSA) is 349 Å². The standard InChI is InChI=1S/C46H73N11O9/c1-27(2)22-35(43(64)55-36(23-28(3)4)44(65)56-37(25-30-12-7-6-8-13-30)45(66)57-38(26-58)39(48)60)54-42(63)33(14-9-10-20-47)53-41(62)34(15-11-21-51-46(49)50)52-40(61)29(5)24-31-16-18-32(59)19-17-31/h6-8,12-13,16-19,27-29,33-38,58-59H,9-11,14-15,20-26,47H2,1-5H3,(H2,48,60)(H,52,61)(H,53,62)(H,54,63)(H,55,64)(H,56,65)(H,57,66)(H4,49,50,51)/t29-,33-,34-,35-,36-,37-,38-/m0/s1. The van der Waals surface area contributed by atoms with Gasteiger partial charge in [0.25, 0.3) is 0 Å². The van der Waals surface area contributed by atoms with Gasteiger partial charge in [0.1, 0.15) is 42.0 Å². The highest BCUT2D eigenvalue weighted by atomic mass is 16.3. The van der Waals surface area contributed by atoms with E-state index in [-0.39, 0.29) is 62.2 Å². The summed E-state index contributed by atoms with van der Waals surface area (Å²) in [7, 11) is 0. The Morgan fingerprint density at radius 1 is 0.545 bits per heavy atom. The highest BCUT2D eigenvalue weighted by molar-refractivity contribution is 5.97. The number of primary amides is 1. The number of benzene rings is 2. The van der Waals surface area contributed by atoms with Crippen molar-refractivity contribution >= 4 is 47.3 Å². The van der Waals surface area contributed by atoms with Gasteiger partial charge in [-0.2, -0.15) is 0 Å². The van der Waals surface area contributed by atoms with Crippen LogP contribution in [0.5, 0.6) is 5.75 Å². The number of rotatable bonds is 30. The minimum Gasteiger partial charge on any atom is -0.508 e. The average molecular weight is 924 g/mol. The number of aromatic hydroxyl groups is 1. The van der Waals surface area contributed by atoms with E-state index in [1.54, 1.807) is 49.4 Å². The first-order chi connectivity index (χ1) is 31.2. The van der Waals surface area contributed by atoms with Crippen molar-refractivity contribution in [3.05, 3.63) is 65.7 Å². The molecule has 0 aliphatic rings. The van der Waals surface area contributed by atoms with Crippen LogP contribution in [0.25, 0.3) is 0 Å². The van der Waals surface area contributed by atoms with Crippen LogP contribution < -0.4 is 54.8 Å². The first-order valence-corrected chi connectivity index (χ1v) is 22.5. The average Bonchev–Trinajstić information content (AvgIpc) is 3.25. The summed E-state index contributed by atoms with van der Waals surface area (Å²) in [4.78, 5) is 99.1. The zero-order valence-electron chi connectivity index (χ0n) is 38.9. The SMILES string of the molecule is CC(C)C[C@H](NC(=O)[C@H](CC(C)C)NC(=O)[C@H](CCCCN)NC(=O)[C@H](CCCN=C(N)N)NC(=O)[C@@H](C)Cc1ccc(O)cc1)C(=O)N[C@@H](Cc1ccccc1)C(=O)N[C@@H](CO)C(N)=O. The van der Waals surface area contributed by atoms with Crippen LogP contribution in [-0.2, 0) is 46.4 Å². The molecule has 0 unspecified atom stereocenters. The smallest absolute Gasteiger partial charge is 0.243 e. The second-order valence-corrected chi connectivity index (χ2v) is 17.4. The summed E-state index contributed by atoms with van der Waals surface area (Å²) in [5.74, 6) is -5.77. The van der Waals surface area contributed by atoms with E-state index in [1.165, 1.54) is 12.1 Å². The lowest BCUT2D eigenvalue weighted by molar-refractivity contribution is -0.136. The first kappa shape index (κ1) is 55.9. The molecule has 0 aliphatic carbocycles. The molecule has 366 valence electrons. The monoisotopic (exact) mass is 924 g/mol. The van der Waals surface area contributed by atoms with Crippen molar-refractivity contribution in [3.8, 4) is 5.75 Å². The second kappa shape index (κ2) is 29.3. The number of carbonyl (C=O) groups is 7. The van der Waals surface area contributed by atoms with Gasteiger partial charge in [-0.3, -0.25) is 38.6 Å². The molecule has 7 amide bonds. The molecular formula is C46H73N11O9. The van der Waals surface area contributed by atoms with E-state index in [2.05, 4.69) is 36.9 Å². The highest BCUT2D eigenvalue weighted by Crippen LogP contribution is 2.16. The Bertz CT molecular complexity index is 1890. The van der Waals surface area contributed by atoms with Crippen LogP contribution >= 0.6 is 0 Å². The number of carbonyl (C=O) groups excluding carboxylic acids is 7. The maximum absolute atomic E-state index is 14.2. The predicted octanol–water partition coefficient (Wildman–Crippen LogP) is -0.525. The summed E-state index contributed by atoms with van der Waals surface area (Å²) >= 11 is 0. The molecule has 0 aliphatic heterocycles. The van der Waals surface area contributed by atoms with Gasteiger partial charge in [0.15, 0.2) is 5.96 Å². The molecule has 0 bridgehead atoms.